The molecule has 0 radical (unpaired) electrons. The first-order valence-corrected chi connectivity index (χ1v) is 6.34. The molecule has 6 heteroatoms. The maximum atomic E-state index is 13.3. The van der Waals surface area contributed by atoms with Crippen molar-refractivity contribution in [2.45, 2.75) is 13.8 Å². The largest absolute Gasteiger partial charge is 0.389 e. The summed E-state index contributed by atoms with van der Waals surface area (Å²) in [6, 6.07) is 4.15. The van der Waals surface area contributed by atoms with Gasteiger partial charge in [0.15, 0.2) is 0 Å². The van der Waals surface area contributed by atoms with E-state index < -0.39 is 11.7 Å². The van der Waals surface area contributed by atoms with Gasteiger partial charge in [-0.1, -0.05) is 26.1 Å². The van der Waals surface area contributed by atoms with Crippen molar-refractivity contribution in [1.29, 1.82) is 0 Å². The summed E-state index contributed by atoms with van der Waals surface area (Å²) in [4.78, 5) is 13.0. The van der Waals surface area contributed by atoms with Gasteiger partial charge < -0.3 is 16.4 Å². The summed E-state index contributed by atoms with van der Waals surface area (Å²) in [5.74, 6) is -0.572. The number of hydrogen-bond acceptors (Lipinski definition) is 3. The van der Waals surface area contributed by atoms with Crippen molar-refractivity contribution in [3.63, 3.8) is 0 Å². The van der Waals surface area contributed by atoms with Gasteiger partial charge in [0.05, 0.1) is 6.54 Å². The van der Waals surface area contributed by atoms with Crippen molar-refractivity contribution in [3.05, 3.63) is 29.6 Å². The van der Waals surface area contributed by atoms with E-state index in [-0.39, 0.29) is 11.5 Å². The number of carbonyl (C=O) groups excluding carboxylic acids is 1. The molecule has 0 saturated heterocycles. The number of anilines is 1. The van der Waals surface area contributed by atoms with Crippen LogP contribution in [0.3, 0.4) is 0 Å². The average molecular weight is 283 g/mol. The zero-order chi connectivity index (χ0) is 14.6. The van der Waals surface area contributed by atoms with Crippen LogP contribution in [0.5, 0.6) is 0 Å². The van der Waals surface area contributed by atoms with Gasteiger partial charge in [-0.2, -0.15) is 0 Å². The minimum atomic E-state index is -0.459. The third kappa shape index (κ3) is 4.48. The zero-order valence-corrected chi connectivity index (χ0v) is 11.8. The van der Waals surface area contributed by atoms with E-state index in [9.17, 15) is 9.18 Å². The second-order valence-corrected chi connectivity index (χ2v) is 5.21. The van der Waals surface area contributed by atoms with Crippen LogP contribution < -0.4 is 16.4 Å². The molecule has 4 N–H and O–H groups in total. The molecule has 0 unspecified atom stereocenters. The van der Waals surface area contributed by atoms with Crippen molar-refractivity contribution < 1.29 is 9.18 Å². The number of nitrogens with two attached hydrogens (primary N) is 2. The molecule has 0 aliphatic rings. The maximum absolute atomic E-state index is 13.3. The monoisotopic (exact) mass is 283 g/mol. The fraction of sp³-hybridized carbons (Fsp3) is 0.385. The van der Waals surface area contributed by atoms with Crippen molar-refractivity contribution in [2.24, 2.45) is 17.4 Å². The molecule has 0 heterocycles. The number of benzene rings is 1. The minimum absolute atomic E-state index is 0.0411. The molecule has 0 fully saturated rings. The van der Waals surface area contributed by atoms with Gasteiger partial charge in [-0.15, -0.1) is 0 Å². The topological polar surface area (TPSA) is 72.3 Å². The summed E-state index contributed by atoms with van der Waals surface area (Å²) in [6.07, 6.45) is 0. The number of amides is 1. The highest BCUT2D eigenvalue weighted by atomic mass is 32.1. The Labute approximate surface area is 117 Å². The summed E-state index contributed by atoms with van der Waals surface area (Å²) in [6.45, 7) is 4.67. The lowest BCUT2D eigenvalue weighted by Gasteiger charge is -2.27. The molecular formula is C13H18FN3OS. The van der Waals surface area contributed by atoms with Crippen molar-refractivity contribution in [1.82, 2.24) is 0 Å². The maximum Gasteiger partial charge on any atom is 0.236 e. The Hall–Kier alpha value is -1.69. The molecule has 0 aliphatic heterocycles. The van der Waals surface area contributed by atoms with Crippen LogP contribution in [0.4, 0.5) is 10.1 Å². The van der Waals surface area contributed by atoms with E-state index in [0.29, 0.717) is 23.7 Å². The predicted octanol–water partition coefficient (Wildman–Crippen LogP) is 1.41. The van der Waals surface area contributed by atoms with Crippen molar-refractivity contribution in [2.75, 3.05) is 18.0 Å². The van der Waals surface area contributed by atoms with Gasteiger partial charge in [0.25, 0.3) is 0 Å². The summed E-state index contributed by atoms with van der Waals surface area (Å²) >= 11 is 4.92. The lowest BCUT2D eigenvalue weighted by atomic mass is 10.1. The van der Waals surface area contributed by atoms with Crippen LogP contribution in [0.1, 0.15) is 19.4 Å². The summed E-state index contributed by atoms with van der Waals surface area (Å²) in [5.41, 5.74) is 11.9. The SMILES string of the molecule is CC(C)CN(CC(N)=O)c1ccc(F)cc1C(N)=S. The number of halogens is 1. The van der Waals surface area contributed by atoms with Crippen LogP contribution in [0.25, 0.3) is 0 Å². The van der Waals surface area contributed by atoms with Crippen LogP contribution >= 0.6 is 12.2 Å². The molecular weight excluding hydrogens is 265 g/mol. The first kappa shape index (κ1) is 15.4. The van der Waals surface area contributed by atoms with E-state index >= 15 is 0 Å². The first-order chi connectivity index (χ1) is 8.81. The smallest absolute Gasteiger partial charge is 0.236 e. The molecule has 4 nitrogen and oxygen atoms in total. The van der Waals surface area contributed by atoms with Crippen LogP contribution in [-0.4, -0.2) is 24.0 Å². The minimum Gasteiger partial charge on any atom is -0.389 e. The highest BCUT2D eigenvalue weighted by Crippen LogP contribution is 2.22. The van der Waals surface area contributed by atoms with Gasteiger partial charge in [-0.25, -0.2) is 4.39 Å². The van der Waals surface area contributed by atoms with E-state index in [2.05, 4.69) is 0 Å². The summed E-state index contributed by atoms with van der Waals surface area (Å²) < 4.78 is 13.3. The van der Waals surface area contributed by atoms with Crippen LogP contribution in [0, 0.1) is 11.7 Å². The Kier molecular flexibility index (Phi) is 5.23. The molecule has 0 saturated carbocycles. The van der Waals surface area contributed by atoms with Gasteiger partial charge >= 0.3 is 0 Å². The number of carbonyl (C=O) groups is 1. The predicted molar refractivity (Wildman–Crippen MR) is 78.5 cm³/mol. The van der Waals surface area contributed by atoms with E-state index in [1.807, 2.05) is 13.8 Å². The second kappa shape index (κ2) is 6.47. The molecule has 1 rings (SSSR count). The average Bonchev–Trinajstić information content (AvgIpc) is 2.26. The quantitative estimate of drug-likeness (QED) is 0.774. The van der Waals surface area contributed by atoms with Crippen LogP contribution in [0.2, 0.25) is 0 Å². The molecule has 1 aromatic carbocycles. The Morgan fingerprint density at radius 2 is 2.05 bits per heavy atom. The number of rotatable bonds is 6. The Morgan fingerprint density at radius 1 is 1.42 bits per heavy atom. The molecule has 0 bridgehead atoms. The van der Waals surface area contributed by atoms with Crippen molar-refractivity contribution in [3.8, 4) is 0 Å². The normalized spacial score (nSPS) is 10.5. The molecule has 0 atom stereocenters. The molecule has 0 aliphatic carbocycles. The van der Waals surface area contributed by atoms with E-state index in [0.717, 1.165) is 0 Å². The van der Waals surface area contributed by atoms with E-state index in [1.165, 1.54) is 12.1 Å². The van der Waals surface area contributed by atoms with E-state index in [1.54, 1.807) is 11.0 Å². The highest BCUT2D eigenvalue weighted by Gasteiger charge is 2.16. The lowest BCUT2D eigenvalue weighted by molar-refractivity contribution is -0.116. The number of nitrogens with zero attached hydrogens (tertiary/aromatic N) is 1. The third-order valence-electron chi connectivity index (χ3n) is 2.50. The fourth-order valence-electron chi connectivity index (χ4n) is 1.86. The van der Waals surface area contributed by atoms with Gasteiger partial charge in [0, 0.05) is 17.8 Å². The van der Waals surface area contributed by atoms with Crippen LogP contribution in [-0.2, 0) is 4.79 Å². The first-order valence-electron chi connectivity index (χ1n) is 5.94. The molecule has 1 amide bonds. The summed E-state index contributed by atoms with van der Waals surface area (Å²) in [7, 11) is 0. The van der Waals surface area contributed by atoms with Gasteiger partial charge in [-0.3, -0.25) is 4.79 Å². The van der Waals surface area contributed by atoms with E-state index in [4.69, 9.17) is 23.7 Å². The van der Waals surface area contributed by atoms with Crippen molar-refractivity contribution >= 4 is 28.8 Å². The number of thiocarbonyl (C=S) groups is 1. The summed E-state index contributed by atoms with van der Waals surface area (Å²) in [5, 5.41) is 0. The molecule has 0 aromatic heterocycles. The van der Waals surface area contributed by atoms with Crippen LogP contribution in [0.15, 0.2) is 18.2 Å². The Balaban J connectivity index is 3.20. The Bertz CT molecular complexity index is 491. The highest BCUT2D eigenvalue weighted by molar-refractivity contribution is 7.80. The molecule has 19 heavy (non-hydrogen) atoms. The van der Waals surface area contributed by atoms with Gasteiger partial charge in [0.1, 0.15) is 10.8 Å². The molecule has 104 valence electrons. The standard InChI is InChI=1S/C13H18FN3OS/c1-8(2)6-17(7-12(15)18)11-4-3-9(14)5-10(11)13(16)19/h3-5,8H,6-7H2,1-2H3,(H2,15,18)(H2,16,19). The second-order valence-electron chi connectivity index (χ2n) is 4.77. The fourth-order valence-corrected chi connectivity index (χ4v) is 2.02. The third-order valence-corrected chi connectivity index (χ3v) is 2.72. The van der Waals surface area contributed by atoms with Gasteiger partial charge in [0.2, 0.25) is 5.91 Å². The zero-order valence-electron chi connectivity index (χ0n) is 11.0. The number of primary amides is 1. The van der Waals surface area contributed by atoms with Gasteiger partial charge in [-0.05, 0) is 24.1 Å². The molecule has 0 spiro atoms. The Morgan fingerprint density at radius 3 is 2.53 bits per heavy atom. The molecule has 1 aromatic rings. The number of hydrogen-bond donors (Lipinski definition) is 2. The lowest BCUT2D eigenvalue weighted by Crippen LogP contribution is -2.37.